The van der Waals surface area contributed by atoms with Gasteiger partial charge in [-0.25, -0.2) is 4.39 Å². The molecule has 134 valence electrons. The Bertz CT molecular complexity index is 689. The summed E-state index contributed by atoms with van der Waals surface area (Å²) in [6.45, 7) is 9.90. The molecule has 1 aromatic carbocycles. The molecule has 1 unspecified atom stereocenters. The number of rotatable bonds is 8. The Morgan fingerprint density at radius 2 is 2.16 bits per heavy atom. The Balaban J connectivity index is 1.73. The molecule has 0 aliphatic carbocycles. The van der Waals surface area contributed by atoms with E-state index < -0.39 is 0 Å². The Kier molecular flexibility index (Phi) is 6.00. The molecule has 3 rings (SSSR count). The molecule has 0 radical (unpaired) electrons. The number of allylic oxidation sites excluding steroid dienone is 1. The SMILES string of the molecule is C=CCn1ncc(CN(Cc2ccc(F)cc2)CC2CCCO2)c1C. The fourth-order valence-electron chi connectivity index (χ4n) is 3.30. The second-order valence-corrected chi connectivity index (χ2v) is 6.66. The molecule has 1 aliphatic heterocycles. The molecule has 1 saturated heterocycles. The average Bonchev–Trinajstić information content (AvgIpc) is 3.22. The molecule has 1 aromatic heterocycles. The summed E-state index contributed by atoms with van der Waals surface area (Å²) < 4.78 is 21.0. The van der Waals surface area contributed by atoms with Crippen molar-refractivity contribution in [1.29, 1.82) is 0 Å². The van der Waals surface area contributed by atoms with Crippen molar-refractivity contribution < 1.29 is 9.13 Å². The van der Waals surface area contributed by atoms with Gasteiger partial charge >= 0.3 is 0 Å². The van der Waals surface area contributed by atoms with Crippen LogP contribution in [0.15, 0.2) is 43.1 Å². The minimum Gasteiger partial charge on any atom is -0.377 e. The van der Waals surface area contributed by atoms with E-state index in [1.165, 1.54) is 17.7 Å². The van der Waals surface area contributed by atoms with Crippen molar-refractivity contribution in [3.8, 4) is 0 Å². The Hall–Kier alpha value is -1.98. The van der Waals surface area contributed by atoms with Crippen molar-refractivity contribution >= 4 is 0 Å². The maximum atomic E-state index is 13.2. The Morgan fingerprint density at radius 1 is 1.36 bits per heavy atom. The topological polar surface area (TPSA) is 30.3 Å². The lowest BCUT2D eigenvalue weighted by Gasteiger charge is -2.25. The summed E-state index contributed by atoms with van der Waals surface area (Å²) in [4.78, 5) is 2.37. The number of hydrogen-bond acceptors (Lipinski definition) is 3. The van der Waals surface area contributed by atoms with E-state index in [0.717, 1.165) is 56.9 Å². The zero-order chi connectivity index (χ0) is 17.6. The summed E-state index contributed by atoms with van der Waals surface area (Å²) in [6, 6.07) is 6.75. The summed E-state index contributed by atoms with van der Waals surface area (Å²) in [5, 5.41) is 4.45. The lowest BCUT2D eigenvalue weighted by atomic mass is 10.1. The normalized spacial score (nSPS) is 17.3. The second kappa shape index (κ2) is 8.41. The van der Waals surface area contributed by atoms with Gasteiger partial charge in [0.15, 0.2) is 0 Å². The first-order valence-electron chi connectivity index (χ1n) is 8.86. The summed E-state index contributed by atoms with van der Waals surface area (Å²) in [5.74, 6) is -0.198. The number of halogens is 1. The van der Waals surface area contributed by atoms with Gasteiger partial charge in [0, 0.05) is 37.5 Å². The number of aromatic nitrogens is 2. The van der Waals surface area contributed by atoms with Crippen LogP contribution >= 0.6 is 0 Å². The molecular weight excluding hydrogens is 317 g/mol. The van der Waals surface area contributed by atoms with Crippen molar-refractivity contribution in [2.24, 2.45) is 0 Å². The van der Waals surface area contributed by atoms with Crippen LogP contribution in [-0.2, 0) is 24.4 Å². The molecule has 0 N–H and O–H groups in total. The molecule has 0 saturated carbocycles. The molecule has 1 atom stereocenters. The van der Waals surface area contributed by atoms with Crippen molar-refractivity contribution in [3.63, 3.8) is 0 Å². The van der Waals surface area contributed by atoms with Crippen molar-refractivity contribution in [2.75, 3.05) is 13.2 Å². The van der Waals surface area contributed by atoms with Gasteiger partial charge in [-0.05, 0) is 37.5 Å². The summed E-state index contributed by atoms with van der Waals surface area (Å²) in [6.07, 6.45) is 6.31. The van der Waals surface area contributed by atoms with Crippen molar-refractivity contribution in [1.82, 2.24) is 14.7 Å². The molecule has 4 nitrogen and oxygen atoms in total. The van der Waals surface area contributed by atoms with E-state index in [4.69, 9.17) is 4.74 Å². The maximum Gasteiger partial charge on any atom is 0.123 e. The van der Waals surface area contributed by atoms with Crippen LogP contribution < -0.4 is 0 Å². The van der Waals surface area contributed by atoms with Crippen LogP contribution in [0.1, 0.15) is 29.7 Å². The van der Waals surface area contributed by atoms with Crippen LogP contribution in [0.25, 0.3) is 0 Å². The minimum atomic E-state index is -0.198. The predicted molar refractivity (Wildman–Crippen MR) is 96.6 cm³/mol. The fraction of sp³-hybridized carbons (Fsp3) is 0.450. The van der Waals surface area contributed by atoms with Crippen LogP contribution in [0.3, 0.4) is 0 Å². The first-order chi connectivity index (χ1) is 12.2. The van der Waals surface area contributed by atoms with E-state index in [0.29, 0.717) is 0 Å². The van der Waals surface area contributed by atoms with Crippen LogP contribution in [0.2, 0.25) is 0 Å². The van der Waals surface area contributed by atoms with E-state index in [1.54, 1.807) is 0 Å². The number of benzene rings is 1. The Labute approximate surface area is 148 Å². The van der Waals surface area contributed by atoms with Gasteiger partial charge in [0.1, 0.15) is 5.82 Å². The molecule has 1 fully saturated rings. The van der Waals surface area contributed by atoms with Crippen LogP contribution in [0.5, 0.6) is 0 Å². The minimum absolute atomic E-state index is 0.198. The standard InChI is InChI=1S/C20H26FN3O/c1-3-10-24-16(2)18(12-22-24)14-23(15-20-5-4-11-25-20)13-17-6-8-19(21)9-7-17/h3,6-9,12,20H,1,4-5,10-11,13-15H2,2H3. The van der Waals surface area contributed by atoms with Crippen LogP contribution in [0, 0.1) is 12.7 Å². The number of hydrogen-bond donors (Lipinski definition) is 0. The van der Waals surface area contributed by atoms with E-state index in [-0.39, 0.29) is 11.9 Å². The van der Waals surface area contributed by atoms with Gasteiger partial charge in [0.2, 0.25) is 0 Å². The molecule has 2 aromatic rings. The zero-order valence-corrected chi connectivity index (χ0v) is 14.8. The summed E-state index contributed by atoms with van der Waals surface area (Å²) >= 11 is 0. The number of nitrogens with zero attached hydrogens (tertiary/aromatic N) is 3. The predicted octanol–water partition coefficient (Wildman–Crippen LogP) is 3.70. The smallest absolute Gasteiger partial charge is 0.123 e. The van der Waals surface area contributed by atoms with Gasteiger partial charge in [-0.3, -0.25) is 9.58 Å². The second-order valence-electron chi connectivity index (χ2n) is 6.66. The quantitative estimate of drug-likeness (QED) is 0.685. The van der Waals surface area contributed by atoms with E-state index in [9.17, 15) is 4.39 Å². The molecule has 0 amide bonds. The average molecular weight is 343 g/mol. The first kappa shape index (κ1) is 17.8. The van der Waals surface area contributed by atoms with Gasteiger partial charge in [-0.1, -0.05) is 18.2 Å². The van der Waals surface area contributed by atoms with Gasteiger partial charge in [-0.2, -0.15) is 5.10 Å². The molecule has 0 bridgehead atoms. The van der Waals surface area contributed by atoms with Crippen LogP contribution in [0.4, 0.5) is 4.39 Å². The van der Waals surface area contributed by atoms with E-state index in [1.807, 2.05) is 29.1 Å². The van der Waals surface area contributed by atoms with Gasteiger partial charge in [0.25, 0.3) is 0 Å². The van der Waals surface area contributed by atoms with Crippen molar-refractivity contribution in [3.05, 3.63) is 65.8 Å². The van der Waals surface area contributed by atoms with Crippen LogP contribution in [-0.4, -0.2) is 33.9 Å². The number of ether oxygens (including phenoxy) is 1. The molecule has 0 spiro atoms. The molecule has 1 aliphatic rings. The monoisotopic (exact) mass is 343 g/mol. The van der Waals surface area contributed by atoms with Gasteiger partial charge in [-0.15, -0.1) is 6.58 Å². The molecule has 25 heavy (non-hydrogen) atoms. The van der Waals surface area contributed by atoms with Crippen molar-refractivity contribution in [2.45, 2.75) is 45.5 Å². The highest BCUT2D eigenvalue weighted by atomic mass is 19.1. The highest BCUT2D eigenvalue weighted by Gasteiger charge is 2.20. The van der Waals surface area contributed by atoms with E-state index in [2.05, 4.69) is 23.5 Å². The lowest BCUT2D eigenvalue weighted by molar-refractivity contribution is 0.0678. The van der Waals surface area contributed by atoms with Gasteiger partial charge < -0.3 is 4.74 Å². The lowest BCUT2D eigenvalue weighted by Crippen LogP contribution is -2.31. The molecule has 2 heterocycles. The summed E-state index contributed by atoms with van der Waals surface area (Å²) in [7, 11) is 0. The van der Waals surface area contributed by atoms with E-state index >= 15 is 0 Å². The third-order valence-corrected chi connectivity index (χ3v) is 4.71. The fourth-order valence-corrected chi connectivity index (χ4v) is 3.30. The zero-order valence-electron chi connectivity index (χ0n) is 14.8. The first-order valence-corrected chi connectivity index (χ1v) is 8.86. The Morgan fingerprint density at radius 3 is 2.84 bits per heavy atom. The third kappa shape index (κ3) is 4.77. The molecule has 5 heteroatoms. The largest absolute Gasteiger partial charge is 0.377 e. The maximum absolute atomic E-state index is 13.2. The van der Waals surface area contributed by atoms with Gasteiger partial charge in [0.05, 0.1) is 18.8 Å². The summed E-state index contributed by atoms with van der Waals surface area (Å²) in [5.41, 5.74) is 3.48. The third-order valence-electron chi connectivity index (χ3n) is 4.71. The highest BCUT2D eigenvalue weighted by Crippen LogP contribution is 2.19. The highest BCUT2D eigenvalue weighted by molar-refractivity contribution is 5.19. The molecular formula is C20H26FN3O.